The van der Waals surface area contributed by atoms with Crippen LogP contribution in [0.5, 0.6) is 0 Å². The summed E-state index contributed by atoms with van der Waals surface area (Å²) in [5.41, 5.74) is 1.04. The zero-order valence-electron chi connectivity index (χ0n) is 17.2. The molecule has 3 rings (SSSR count). The van der Waals surface area contributed by atoms with Gasteiger partial charge in [-0.05, 0) is 18.4 Å². The number of carbonyl (C=O) groups excluding carboxylic acids is 2. The van der Waals surface area contributed by atoms with E-state index in [1.54, 1.807) is 4.90 Å². The van der Waals surface area contributed by atoms with Crippen molar-refractivity contribution in [3.05, 3.63) is 35.9 Å². The third-order valence-corrected chi connectivity index (χ3v) is 5.75. The van der Waals surface area contributed by atoms with E-state index >= 15 is 0 Å². The van der Waals surface area contributed by atoms with Crippen LogP contribution in [0, 0.1) is 5.92 Å². The predicted octanol–water partition coefficient (Wildman–Crippen LogP) is 0.968. The lowest BCUT2D eigenvalue weighted by Gasteiger charge is -2.35. The number of hydrogen-bond acceptors (Lipinski definition) is 5. The second-order valence-corrected chi connectivity index (χ2v) is 7.85. The van der Waals surface area contributed by atoms with E-state index in [1.807, 2.05) is 35.2 Å². The van der Waals surface area contributed by atoms with E-state index in [0.717, 1.165) is 44.8 Å². The molecule has 0 spiro atoms. The zero-order chi connectivity index (χ0) is 20.5. The standard InChI is InChI=1S/C22H33N3O4/c26-14-11-25(17-19-5-2-1-3-6-19)22(28)20-7-8-21(27)24(18-20)10-4-9-23-12-15-29-16-13-23/h1-3,5-6,20,26H,4,7-18H2/t20-/m0/s1. The number of ether oxygens (including phenoxy) is 1. The normalized spacial score (nSPS) is 20.7. The number of benzene rings is 1. The summed E-state index contributed by atoms with van der Waals surface area (Å²) in [6.07, 6.45) is 1.93. The fourth-order valence-corrected chi connectivity index (χ4v) is 4.09. The molecule has 2 aliphatic rings. The van der Waals surface area contributed by atoms with Gasteiger partial charge >= 0.3 is 0 Å². The molecule has 2 fully saturated rings. The van der Waals surface area contributed by atoms with Gasteiger partial charge < -0.3 is 19.6 Å². The lowest BCUT2D eigenvalue weighted by molar-refractivity contribution is -0.144. The van der Waals surface area contributed by atoms with E-state index in [-0.39, 0.29) is 24.3 Å². The quantitative estimate of drug-likeness (QED) is 0.665. The van der Waals surface area contributed by atoms with Crippen molar-refractivity contribution in [3.63, 3.8) is 0 Å². The molecule has 1 atom stereocenters. The van der Waals surface area contributed by atoms with Gasteiger partial charge in [-0.15, -0.1) is 0 Å². The second kappa shape index (κ2) is 11.3. The van der Waals surface area contributed by atoms with Crippen LogP contribution in [0.3, 0.4) is 0 Å². The van der Waals surface area contributed by atoms with Crippen molar-refractivity contribution in [3.8, 4) is 0 Å². The average molecular weight is 404 g/mol. The molecule has 160 valence electrons. The van der Waals surface area contributed by atoms with Crippen molar-refractivity contribution in [2.75, 3.05) is 59.1 Å². The Morgan fingerprint density at radius 2 is 1.93 bits per heavy atom. The second-order valence-electron chi connectivity index (χ2n) is 7.85. The Balaban J connectivity index is 1.52. The maximum Gasteiger partial charge on any atom is 0.227 e. The first kappa shape index (κ1) is 21.7. The van der Waals surface area contributed by atoms with Crippen molar-refractivity contribution in [1.82, 2.24) is 14.7 Å². The highest BCUT2D eigenvalue weighted by molar-refractivity contribution is 5.84. The molecule has 7 nitrogen and oxygen atoms in total. The molecule has 29 heavy (non-hydrogen) atoms. The molecular formula is C22H33N3O4. The molecule has 1 N–H and O–H groups in total. The van der Waals surface area contributed by atoms with E-state index in [0.29, 0.717) is 39.0 Å². The molecule has 0 aliphatic carbocycles. The monoisotopic (exact) mass is 403 g/mol. The van der Waals surface area contributed by atoms with Crippen LogP contribution in [-0.4, -0.2) is 90.7 Å². The zero-order valence-corrected chi connectivity index (χ0v) is 17.2. The summed E-state index contributed by atoms with van der Waals surface area (Å²) < 4.78 is 5.37. The van der Waals surface area contributed by atoms with Crippen LogP contribution in [0.2, 0.25) is 0 Å². The molecule has 1 aromatic carbocycles. The van der Waals surface area contributed by atoms with Gasteiger partial charge in [-0.25, -0.2) is 0 Å². The molecule has 2 saturated heterocycles. The molecule has 2 amide bonds. The fourth-order valence-electron chi connectivity index (χ4n) is 4.09. The summed E-state index contributed by atoms with van der Waals surface area (Å²) in [6, 6.07) is 9.82. The van der Waals surface area contributed by atoms with Crippen molar-refractivity contribution in [2.45, 2.75) is 25.8 Å². The Labute approximate surface area is 173 Å². The van der Waals surface area contributed by atoms with Crippen LogP contribution in [0.25, 0.3) is 0 Å². The minimum atomic E-state index is -0.189. The number of morpholine rings is 1. The van der Waals surface area contributed by atoms with Gasteiger partial charge in [-0.1, -0.05) is 30.3 Å². The topological polar surface area (TPSA) is 73.3 Å². The number of hydrogen-bond donors (Lipinski definition) is 1. The predicted molar refractivity (Wildman–Crippen MR) is 110 cm³/mol. The largest absolute Gasteiger partial charge is 0.395 e. The van der Waals surface area contributed by atoms with Gasteiger partial charge in [0.15, 0.2) is 0 Å². The average Bonchev–Trinajstić information content (AvgIpc) is 2.76. The summed E-state index contributed by atoms with van der Waals surface area (Å²) >= 11 is 0. The van der Waals surface area contributed by atoms with Crippen LogP contribution < -0.4 is 0 Å². The number of amides is 2. The number of nitrogens with zero attached hydrogens (tertiary/aromatic N) is 3. The van der Waals surface area contributed by atoms with E-state index in [2.05, 4.69) is 4.90 Å². The van der Waals surface area contributed by atoms with Crippen LogP contribution in [0.1, 0.15) is 24.8 Å². The number of aliphatic hydroxyl groups is 1. The van der Waals surface area contributed by atoms with Crippen LogP contribution in [0.4, 0.5) is 0 Å². The number of piperidine rings is 1. The van der Waals surface area contributed by atoms with Gasteiger partial charge in [-0.3, -0.25) is 14.5 Å². The number of rotatable bonds is 9. The van der Waals surface area contributed by atoms with Gasteiger partial charge in [0.05, 0.1) is 25.7 Å². The molecule has 0 saturated carbocycles. The SMILES string of the molecule is O=C1CC[C@H](C(=O)N(CCO)Cc2ccccc2)CN1CCCN1CCOCC1. The Bertz CT molecular complexity index is 649. The summed E-state index contributed by atoms with van der Waals surface area (Å²) in [4.78, 5) is 31.4. The minimum absolute atomic E-state index is 0.0357. The van der Waals surface area contributed by atoms with E-state index in [1.165, 1.54) is 0 Å². The lowest BCUT2D eigenvalue weighted by Crippen LogP contribution is -2.48. The molecule has 2 heterocycles. The molecule has 0 aromatic heterocycles. The van der Waals surface area contributed by atoms with Gasteiger partial charge in [0, 0.05) is 52.2 Å². The molecule has 0 bridgehead atoms. The van der Waals surface area contributed by atoms with Gasteiger partial charge in [-0.2, -0.15) is 0 Å². The fraction of sp³-hybridized carbons (Fsp3) is 0.636. The number of aliphatic hydroxyl groups excluding tert-OH is 1. The minimum Gasteiger partial charge on any atom is -0.395 e. The lowest BCUT2D eigenvalue weighted by atomic mass is 9.95. The molecule has 1 aromatic rings. The molecular weight excluding hydrogens is 370 g/mol. The van der Waals surface area contributed by atoms with Crippen molar-refractivity contribution < 1.29 is 19.4 Å². The Kier molecular flexibility index (Phi) is 8.46. The molecule has 7 heteroatoms. The van der Waals surface area contributed by atoms with Gasteiger partial charge in [0.1, 0.15) is 0 Å². The van der Waals surface area contributed by atoms with Crippen molar-refractivity contribution >= 4 is 11.8 Å². The third-order valence-electron chi connectivity index (χ3n) is 5.75. The first-order chi connectivity index (χ1) is 14.2. The van der Waals surface area contributed by atoms with E-state index in [4.69, 9.17) is 4.74 Å². The highest BCUT2D eigenvalue weighted by Crippen LogP contribution is 2.21. The van der Waals surface area contributed by atoms with Gasteiger partial charge in [0.2, 0.25) is 11.8 Å². The number of carbonyl (C=O) groups is 2. The maximum atomic E-state index is 13.1. The van der Waals surface area contributed by atoms with Crippen LogP contribution in [0.15, 0.2) is 30.3 Å². The summed E-state index contributed by atoms with van der Waals surface area (Å²) in [5, 5.41) is 9.42. The highest BCUT2D eigenvalue weighted by Gasteiger charge is 2.32. The molecule has 0 radical (unpaired) electrons. The first-order valence-electron chi connectivity index (χ1n) is 10.7. The Morgan fingerprint density at radius 1 is 1.17 bits per heavy atom. The van der Waals surface area contributed by atoms with E-state index in [9.17, 15) is 14.7 Å². The van der Waals surface area contributed by atoms with Crippen molar-refractivity contribution in [1.29, 1.82) is 0 Å². The third kappa shape index (κ3) is 6.52. The van der Waals surface area contributed by atoms with Crippen LogP contribution in [-0.2, 0) is 20.9 Å². The van der Waals surface area contributed by atoms with Crippen LogP contribution >= 0.6 is 0 Å². The highest BCUT2D eigenvalue weighted by atomic mass is 16.5. The molecule has 0 unspecified atom stereocenters. The summed E-state index contributed by atoms with van der Waals surface area (Å²) in [7, 11) is 0. The summed E-state index contributed by atoms with van der Waals surface area (Å²) in [6.45, 7) is 6.33. The first-order valence-corrected chi connectivity index (χ1v) is 10.7. The Morgan fingerprint density at radius 3 is 2.66 bits per heavy atom. The smallest absolute Gasteiger partial charge is 0.227 e. The van der Waals surface area contributed by atoms with E-state index < -0.39 is 0 Å². The Hall–Kier alpha value is -1.96. The molecule has 2 aliphatic heterocycles. The summed E-state index contributed by atoms with van der Waals surface area (Å²) in [5.74, 6) is -0.00673. The van der Waals surface area contributed by atoms with Gasteiger partial charge in [0.25, 0.3) is 0 Å². The number of likely N-dealkylation sites (tertiary alicyclic amines) is 1. The maximum absolute atomic E-state index is 13.1. The van der Waals surface area contributed by atoms with Crippen molar-refractivity contribution in [2.24, 2.45) is 5.92 Å².